The number of aromatic nitrogens is 1. The Morgan fingerprint density at radius 1 is 1.67 bits per heavy atom. The maximum atomic E-state index is 8.60. The highest BCUT2D eigenvalue weighted by Crippen LogP contribution is 2.33. The Hall–Kier alpha value is -1.12. The molecule has 1 fully saturated rings. The highest BCUT2D eigenvalue weighted by Gasteiger charge is 2.30. The lowest BCUT2D eigenvalue weighted by Crippen LogP contribution is -2.26. The van der Waals surface area contributed by atoms with E-state index in [9.17, 15) is 0 Å². The predicted octanol–water partition coefficient (Wildman–Crippen LogP) is 1.48. The van der Waals surface area contributed by atoms with Crippen molar-refractivity contribution in [2.75, 3.05) is 11.4 Å². The van der Waals surface area contributed by atoms with Crippen LogP contribution in [0.1, 0.15) is 25.0 Å². The third-order valence-corrected chi connectivity index (χ3v) is 3.37. The van der Waals surface area contributed by atoms with E-state index >= 15 is 0 Å². The number of rotatable bonds is 5. The molecule has 5 heteroatoms. The molecule has 15 heavy (non-hydrogen) atoms. The van der Waals surface area contributed by atoms with Crippen LogP contribution in [0.25, 0.3) is 0 Å². The number of hydrogen-bond donors (Lipinski definition) is 1. The van der Waals surface area contributed by atoms with Crippen molar-refractivity contribution in [1.29, 1.82) is 5.26 Å². The third-order valence-electron chi connectivity index (χ3n) is 2.45. The molecule has 0 aliphatic heterocycles. The Balaban J connectivity index is 2.06. The van der Waals surface area contributed by atoms with Crippen LogP contribution in [0, 0.1) is 11.3 Å². The zero-order valence-electron chi connectivity index (χ0n) is 8.52. The first kappa shape index (κ1) is 10.4. The highest BCUT2D eigenvalue weighted by molar-refractivity contribution is 7.13. The lowest BCUT2D eigenvalue weighted by Gasteiger charge is -2.19. The molecule has 1 saturated carbocycles. The van der Waals surface area contributed by atoms with Crippen molar-refractivity contribution in [3.63, 3.8) is 0 Å². The van der Waals surface area contributed by atoms with E-state index in [1.807, 2.05) is 5.38 Å². The van der Waals surface area contributed by atoms with E-state index in [-0.39, 0.29) is 0 Å². The standard InChI is InChI=1S/C10H14N4S/c11-4-1-5-14(9-2-3-9)10-13-8(6-12)7-15-10/h7,9H,1-3,5-6,12H2. The van der Waals surface area contributed by atoms with E-state index in [0.29, 0.717) is 19.0 Å². The van der Waals surface area contributed by atoms with Crippen LogP contribution in [0.5, 0.6) is 0 Å². The fourth-order valence-corrected chi connectivity index (χ4v) is 2.45. The second kappa shape index (κ2) is 4.60. The Labute approximate surface area is 93.3 Å². The molecule has 0 unspecified atom stereocenters. The molecule has 0 atom stereocenters. The van der Waals surface area contributed by atoms with Gasteiger partial charge in [0.15, 0.2) is 5.13 Å². The normalized spacial score (nSPS) is 14.9. The van der Waals surface area contributed by atoms with Gasteiger partial charge in [0.1, 0.15) is 0 Å². The largest absolute Gasteiger partial charge is 0.344 e. The first-order valence-electron chi connectivity index (χ1n) is 5.13. The van der Waals surface area contributed by atoms with Gasteiger partial charge in [-0.05, 0) is 12.8 Å². The molecule has 2 rings (SSSR count). The van der Waals surface area contributed by atoms with Gasteiger partial charge in [-0.1, -0.05) is 0 Å². The molecule has 0 saturated heterocycles. The van der Waals surface area contributed by atoms with Crippen LogP contribution in [0.3, 0.4) is 0 Å². The van der Waals surface area contributed by atoms with Gasteiger partial charge in [0.2, 0.25) is 0 Å². The zero-order chi connectivity index (χ0) is 10.7. The second-order valence-electron chi connectivity index (χ2n) is 3.66. The van der Waals surface area contributed by atoms with Crippen molar-refractivity contribution in [3.8, 4) is 6.07 Å². The Morgan fingerprint density at radius 2 is 2.47 bits per heavy atom. The van der Waals surface area contributed by atoms with Gasteiger partial charge in [0.25, 0.3) is 0 Å². The summed E-state index contributed by atoms with van der Waals surface area (Å²) in [4.78, 5) is 6.70. The molecular formula is C10H14N4S. The lowest BCUT2D eigenvalue weighted by molar-refractivity contribution is 0.785. The number of thiazole rings is 1. The molecule has 1 aliphatic rings. The van der Waals surface area contributed by atoms with Gasteiger partial charge in [-0.3, -0.25) is 0 Å². The van der Waals surface area contributed by atoms with Crippen LogP contribution in [0.4, 0.5) is 5.13 Å². The fourth-order valence-electron chi connectivity index (χ4n) is 1.51. The second-order valence-corrected chi connectivity index (χ2v) is 4.49. The van der Waals surface area contributed by atoms with E-state index < -0.39 is 0 Å². The minimum absolute atomic E-state index is 0.493. The molecule has 1 aliphatic carbocycles. The Bertz CT molecular complexity index is 364. The van der Waals surface area contributed by atoms with Crippen molar-refractivity contribution < 1.29 is 0 Å². The SMILES string of the molecule is N#CCCN(c1nc(CN)cs1)C1CC1. The topological polar surface area (TPSA) is 65.9 Å². The van der Waals surface area contributed by atoms with Gasteiger partial charge in [-0.2, -0.15) is 5.26 Å². The lowest BCUT2D eigenvalue weighted by atomic mass is 10.4. The van der Waals surface area contributed by atoms with Gasteiger partial charge in [-0.15, -0.1) is 11.3 Å². The van der Waals surface area contributed by atoms with Crippen LogP contribution >= 0.6 is 11.3 Å². The minimum atomic E-state index is 0.493. The van der Waals surface area contributed by atoms with Crippen LogP contribution in [0.15, 0.2) is 5.38 Å². The highest BCUT2D eigenvalue weighted by atomic mass is 32.1. The summed E-state index contributed by atoms with van der Waals surface area (Å²) < 4.78 is 0. The number of nitrogens with zero attached hydrogens (tertiary/aromatic N) is 3. The smallest absolute Gasteiger partial charge is 0.185 e. The molecule has 1 aromatic heterocycles. The predicted molar refractivity (Wildman–Crippen MR) is 60.6 cm³/mol. The molecule has 4 nitrogen and oxygen atoms in total. The molecule has 1 heterocycles. The fraction of sp³-hybridized carbons (Fsp3) is 0.600. The number of nitrogens with two attached hydrogens (primary N) is 1. The number of anilines is 1. The summed E-state index contributed by atoms with van der Waals surface area (Å²) in [7, 11) is 0. The van der Waals surface area contributed by atoms with Crippen LogP contribution in [-0.4, -0.2) is 17.6 Å². The maximum Gasteiger partial charge on any atom is 0.185 e. The monoisotopic (exact) mass is 222 g/mol. The maximum absolute atomic E-state index is 8.60. The van der Waals surface area contributed by atoms with Crippen molar-refractivity contribution in [2.45, 2.75) is 31.8 Å². The number of hydrogen-bond acceptors (Lipinski definition) is 5. The van der Waals surface area contributed by atoms with Gasteiger partial charge in [0.05, 0.1) is 18.2 Å². The van der Waals surface area contributed by atoms with E-state index in [4.69, 9.17) is 11.0 Å². The molecule has 1 aromatic rings. The van der Waals surface area contributed by atoms with E-state index in [1.165, 1.54) is 12.8 Å². The number of nitriles is 1. The van der Waals surface area contributed by atoms with Gasteiger partial charge in [-0.25, -0.2) is 4.98 Å². The van der Waals surface area contributed by atoms with Crippen molar-refractivity contribution >= 4 is 16.5 Å². The van der Waals surface area contributed by atoms with E-state index in [1.54, 1.807) is 11.3 Å². The summed E-state index contributed by atoms with van der Waals surface area (Å²) in [6, 6.07) is 2.79. The average molecular weight is 222 g/mol. The van der Waals surface area contributed by atoms with Crippen molar-refractivity contribution in [3.05, 3.63) is 11.1 Å². The third kappa shape index (κ3) is 2.46. The quantitative estimate of drug-likeness (QED) is 0.819. The Kier molecular flexibility index (Phi) is 3.19. The summed E-state index contributed by atoms with van der Waals surface area (Å²) in [6.07, 6.45) is 3.01. The van der Waals surface area contributed by atoms with Crippen molar-refractivity contribution in [2.24, 2.45) is 5.73 Å². The zero-order valence-corrected chi connectivity index (χ0v) is 9.33. The van der Waals surface area contributed by atoms with Gasteiger partial charge < -0.3 is 10.6 Å². The van der Waals surface area contributed by atoms with Crippen molar-refractivity contribution in [1.82, 2.24) is 4.98 Å². The molecule has 80 valence electrons. The summed E-state index contributed by atoms with van der Waals surface area (Å²) in [5.41, 5.74) is 6.47. The summed E-state index contributed by atoms with van der Waals surface area (Å²) in [6.45, 7) is 1.28. The first-order chi connectivity index (χ1) is 7.35. The average Bonchev–Trinajstić information content (AvgIpc) is 2.97. The molecule has 2 N–H and O–H groups in total. The van der Waals surface area contributed by atoms with E-state index in [0.717, 1.165) is 17.4 Å². The molecule has 0 bridgehead atoms. The summed E-state index contributed by atoms with van der Waals surface area (Å²) in [5, 5.41) is 11.6. The van der Waals surface area contributed by atoms with Gasteiger partial charge >= 0.3 is 0 Å². The summed E-state index contributed by atoms with van der Waals surface area (Å²) >= 11 is 1.63. The molecule has 0 aromatic carbocycles. The van der Waals surface area contributed by atoms with Crippen LogP contribution in [0.2, 0.25) is 0 Å². The van der Waals surface area contributed by atoms with Gasteiger partial charge in [0, 0.05) is 24.5 Å². The van der Waals surface area contributed by atoms with Crippen LogP contribution < -0.4 is 10.6 Å². The first-order valence-corrected chi connectivity index (χ1v) is 6.01. The van der Waals surface area contributed by atoms with Crippen LogP contribution in [-0.2, 0) is 6.54 Å². The van der Waals surface area contributed by atoms with E-state index in [2.05, 4.69) is 16.0 Å². The summed E-state index contributed by atoms with van der Waals surface area (Å²) in [5.74, 6) is 0. The Morgan fingerprint density at radius 3 is 3.00 bits per heavy atom. The molecular weight excluding hydrogens is 208 g/mol. The minimum Gasteiger partial charge on any atom is -0.344 e. The molecule has 0 amide bonds. The molecule has 0 spiro atoms. The molecule has 0 radical (unpaired) electrons.